The lowest BCUT2D eigenvalue weighted by molar-refractivity contribution is 0.266. The zero-order chi connectivity index (χ0) is 16.5. The summed E-state index contributed by atoms with van der Waals surface area (Å²) < 4.78 is 22.8. The van der Waals surface area contributed by atoms with Crippen molar-refractivity contribution < 1.29 is 23.8 Å². The number of aromatic nitrogens is 1. The molecule has 22 heavy (non-hydrogen) atoms. The first kappa shape index (κ1) is 17.0. The maximum Gasteiger partial charge on any atom is 0.362 e. The summed E-state index contributed by atoms with van der Waals surface area (Å²) in [7, 11) is -4.28. The van der Waals surface area contributed by atoms with E-state index >= 15 is 0 Å². The minimum absolute atomic E-state index is 0.260. The molecular weight excluding hydrogens is 327 g/mol. The summed E-state index contributed by atoms with van der Waals surface area (Å²) in [5, 5.41) is 0.361. The van der Waals surface area contributed by atoms with E-state index in [1.165, 1.54) is 11.3 Å². The Balaban J connectivity index is 2.43. The van der Waals surface area contributed by atoms with Crippen molar-refractivity contribution in [2.45, 2.75) is 20.8 Å². The Morgan fingerprint density at radius 3 is 2.64 bits per heavy atom. The molecule has 2 aromatic rings. The molecule has 0 aliphatic heterocycles. The van der Waals surface area contributed by atoms with E-state index in [4.69, 9.17) is 25.0 Å². The van der Waals surface area contributed by atoms with Gasteiger partial charge in [0.05, 0.1) is 11.3 Å². The smallest absolute Gasteiger partial charge is 0.362 e. The zero-order valence-corrected chi connectivity index (χ0v) is 14.3. The predicted molar refractivity (Wildman–Crippen MR) is 86.6 cm³/mol. The van der Waals surface area contributed by atoms with Gasteiger partial charge in [-0.3, -0.25) is 4.57 Å². The van der Waals surface area contributed by atoms with Crippen LogP contribution in [0, 0.1) is 12.8 Å². The zero-order valence-electron chi connectivity index (χ0n) is 12.6. The van der Waals surface area contributed by atoms with Gasteiger partial charge in [-0.1, -0.05) is 25.2 Å². The van der Waals surface area contributed by atoms with Gasteiger partial charge < -0.3 is 25.0 Å². The number of benzene rings is 1. The van der Waals surface area contributed by atoms with Crippen LogP contribution < -0.4 is 15.2 Å². The molecule has 0 aliphatic carbocycles. The van der Waals surface area contributed by atoms with E-state index in [-0.39, 0.29) is 5.75 Å². The number of fused-ring (bicyclic) bond motifs is 1. The minimum Gasteiger partial charge on any atom is -0.493 e. The number of nitrogens with two attached hydrogens (primary N) is 1. The molecule has 0 atom stereocenters. The summed E-state index contributed by atoms with van der Waals surface area (Å²) in [6.07, 6.45) is -0.716. The lowest BCUT2D eigenvalue weighted by atomic mass is 10.2. The molecule has 0 aliphatic rings. The maximum atomic E-state index is 11.0. The number of hydrogen-bond donors (Lipinski definition) is 3. The highest BCUT2D eigenvalue weighted by Crippen LogP contribution is 2.41. The molecule has 7 nitrogen and oxygen atoms in total. The maximum absolute atomic E-state index is 11.0. The van der Waals surface area contributed by atoms with Crippen LogP contribution in [0.3, 0.4) is 0 Å². The molecule has 0 unspecified atom stereocenters. The van der Waals surface area contributed by atoms with E-state index in [9.17, 15) is 4.57 Å². The van der Waals surface area contributed by atoms with Gasteiger partial charge in [0.2, 0.25) is 0 Å². The Kier molecular flexibility index (Phi) is 4.97. The first-order chi connectivity index (χ1) is 10.2. The van der Waals surface area contributed by atoms with Crippen LogP contribution in [0.4, 0.5) is 5.13 Å². The first-order valence-electron chi connectivity index (χ1n) is 6.67. The van der Waals surface area contributed by atoms with Crippen LogP contribution in [-0.2, 0) is 4.57 Å². The number of nitrogens with zero attached hydrogens (tertiary/aromatic N) is 1. The molecule has 1 aromatic heterocycles. The van der Waals surface area contributed by atoms with Crippen molar-refractivity contribution in [3.05, 3.63) is 11.6 Å². The molecule has 1 heterocycles. The summed E-state index contributed by atoms with van der Waals surface area (Å²) in [5.41, 5.74) is 7.11. The van der Waals surface area contributed by atoms with Crippen molar-refractivity contribution >= 4 is 34.3 Å². The normalized spacial score (nSPS) is 12.1. The second-order valence-corrected chi connectivity index (χ2v) is 7.99. The molecule has 0 bridgehead atoms. The lowest BCUT2D eigenvalue weighted by Crippen LogP contribution is -2.06. The van der Waals surface area contributed by atoms with Crippen molar-refractivity contribution in [1.29, 1.82) is 0 Å². The quantitative estimate of drug-likeness (QED) is 0.689. The molecule has 4 N–H and O–H groups in total. The Labute approximate surface area is 132 Å². The van der Waals surface area contributed by atoms with E-state index in [1.54, 1.807) is 6.07 Å². The summed E-state index contributed by atoms with van der Waals surface area (Å²) in [4.78, 5) is 22.1. The molecule has 0 amide bonds. The molecule has 0 radical (unpaired) electrons. The van der Waals surface area contributed by atoms with Gasteiger partial charge in [0.15, 0.2) is 17.2 Å². The molecule has 2 rings (SSSR count). The lowest BCUT2D eigenvalue weighted by Gasteiger charge is -2.14. The molecule has 0 saturated carbocycles. The van der Waals surface area contributed by atoms with E-state index < -0.39 is 13.9 Å². The van der Waals surface area contributed by atoms with Gasteiger partial charge in [-0.15, -0.1) is 0 Å². The van der Waals surface area contributed by atoms with Gasteiger partial charge in [0, 0.05) is 11.6 Å². The van der Waals surface area contributed by atoms with Gasteiger partial charge in [-0.2, -0.15) is 0 Å². The van der Waals surface area contributed by atoms with Crippen LogP contribution in [0.5, 0.6) is 11.5 Å². The van der Waals surface area contributed by atoms with Crippen molar-refractivity contribution in [3.8, 4) is 11.5 Å². The molecular formula is C13H19N2O5PS. The van der Waals surface area contributed by atoms with Crippen molar-refractivity contribution in [3.63, 3.8) is 0 Å². The van der Waals surface area contributed by atoms with Gasteiger partial charge in [-0.25, -0.2) is 4.98 Å². The SMILES string of the molecule is Cc1c(OCC(C)C)cc(OCP(=O)(O)O)c2nc(N)sc12. The van der Waals surface area contributed by atoms with Gasteiger partial charge in [0.1, 0.15) is 11.3 Å². The number of anilines is 1. The second kappa shape index (κ2) is 6.42. The standard InChI is InChI=1S/C13H19N2O5PS/c1-7(2)5-19-9-4-10(20-6-21(16,17)18)11-12(8(9)3)22-13(14)15-11/h4,7H,5-6H2,1-3H3,(H2,14,15)(H2,16,17,18). The average molecular weight is 346 g/mol. The van der Waals surface area contributed by atoms with E-state index in [0.29, 0.717) is 28.9 Å². The summed E-state index contributed by atoms with van der Waals surface area (Å²) in [5.74, 6) is 1.21. The largest absolute Gasteiger partial charge is 0.493 e. The van der Waals surface area contributed by atoms with Crippen LogP contribution in [-0.4, -0.2) is 27.7 Å². The highest BCUT2D eigenvalue weighted by molar-refractivity contribution is 7.51. The fourth-order valence-corrected chi connectivity index (χ4v) is 2.99. The third-order valence-electron chi connectivity index (χ3n) is 2.81. The third kappa shape index (κ3) is 4.10. The van der Waals surface area contributed by atoms with Crippen LogP contribution in [0.1, 0.15) is 19.4 Å². The highest BCUT2D eigenvalue weighted by Gasteiger charge is 2.19. The van der Waals surface area contributed by atoms with Crippen molar-refractivity contribution in [1.82, 2.24) is 4.98 Å². The van der Waals surface area contributed by atoms with Gasteiger partial charge in [0.25, 0.3) is 0 Å². The number of thiazole rings is 1. The van der Waals surface area contributed by atoms with Crippen molar-refractivity contribution in [2.24, 2.45) is 5.92 Å². The Morgan fingerprint density at radius 1 is 1.36 bits per heavy atom. The van der Waals surface area contributed by atoms with Gasteiger partial charge in [-0.05, 0) is 12.8 Å². The number of hydrogen-bond acceptors (Lipinski definition) is 6. The fraction of sp³-hybridized carbons (Fsp3) is 0.462. The monoisotopic (exact) mass is 346 g/mol. The number of rotatable bonds is 6. The van der Waals surface area contributed by atoms with Crippen LogP contribution in [0.2, 0.25) is 0 Å². The average Bonchev–Trinajstić information content (AvgIpc) is 2.78. The molecule has 0 fully saturated rings. The topological polar surface area (TPSA) is 115 Å². The minimum atomic E-state index is -4.28. The van der Waals surface area contributed by atoms with Crippen molar-refractivity contribution in [2.75, 3.05) is 18.7 Å². The second-order valence-electron chi connectivity index (χ2n) is 5.37. The molecule has 0 saturated heterocycles. The summed E-state index contributed by atoms with van der Waals surface area (Å²) >= 11 is 1.29. The van der Waals surface area contributed by atoms with E-state index in [0.717, 1.165) is 10.3 Å². The Morgan fingerprint density at radius 2 is 2.05 bits per heavy atom. The number of ether oxygens (including phenoxy) is 2. The van der Waals surface area contributed by atoms with Crippen LogP contribution >= 0.6 is 18.9 Å². The fourth-order valence-electron chi connectivity index (χ4n) is 1.84. The highest BCUT2D eigenvalue weighted by atomic mass is 32.1. The summed E-state index contributed by atoms with van der Waals surface area (Å²) in [6, 6.07) is 1.61. The van der Waals surface area contributed by atoms with Crippen LogP contribution in [0.15, 0.2) is 6.07 Å². The third-order valence-corrected chi connectivity index (χ3v) is 4.28. The first-order valence-corrected chi connectivity index (χ1v) is 9.28. The molecule has 1 aromatic carbocycles. The number of nitrogen functional groups attached to an aromatic ring is 1. The molecule has 9 heteroatoms. The Bertz CT molecular complexity index is 725. The van der Waals surface area contributed by atoms with E-state index in [2.05, 4.69) is 4.98 Å². The predicted octanol–water partition coefficient (Wildman–Crippen LogP) is 2.74. The van der Waals surface area contributed by atoms with Crippen LogP contribution in [0.25, 0.3) is 10.2 Å². The van der Waals surface area contributed by atoms with Gasteiger partial charge >= 0.3 is 7.60 Å². The number of aryl methyl sites for hydroxylation is 1. The molecule has 0 spiro atoms. The molecule has 122 valence electrons. The summed E-state index contributed by atoms with van der Waals surface area (Å²) in [6.45, 7) is 6.48. The van der Waals surface area contributed by atoms with E-state index in [1.807, 2.05) is 20.8 Å². The Hall–Kier alpha value is -1.34.